The van der Waals surface area contributed by atoms with Gasteiger partial charge in [0.15, 0.2) is 5.78 Å². The first-order valence-electron chi connectivity index (χ1n) is 15.3. The van der Waals surface area contributed by atoms with Crippen LogP contribution in [0.1, 0.15) is 71.7 Å². The van der Waals surface area contributed by atoms with Crippen LogP contribution in [0.5, 0.6) is 0 Å². The van der Waals surface area contributed by atoms with Gasteiger partial charge in [0.2, 0.25) is 0 Å². The van der Waals surface area contributed by atoms with Crippen LogP contribution < -0.4 is 15.1 Å². The van der Waals surface area contributed by atoms with Gasteiger partial charge in [0, 0.05) is 86.1 Å². The van der Waals surface area contributed by atoms with Crippen LogP contribution >= 0.6 is 0 Å². The first kappa shape index (κ1) is 27.0. The molecule has 0 atom stereocenters. The zero-order chi connectivity index (χ0) is 27.5. The van der Waals surface area contributed by atoms with Crippen LogP contribution in [-0.2, 0) is 0 Å². The molecule has 3 aliphatic heterocycles. The molecule has 1 saturated carbocycles. The number of Topliss-reactive ketones (excluding diaryl/α,β-unsaturated/α-hetero) is 1. The Hall–Kier alpha value is -3.19. The van der Waals surface area contributed by atoms with Gasteiger partial charge in [0.05, 0.1) is 0 Å². The van der Waals surface area contributed by atoms with Crippen molar-refractivity contribution in [1.29, 1.82) is 0 Å². The van der Waals surface area contributed by atoms with Crippen molar-refractivity contribution in [2.24, 2.45) is 16.8 Å². The summed E-state index contributed by atoms with van der Waals surface area (Å²) in [5, 5.41) is 3.25. The number of rotatable bonds is 6. The molecule has 3 heterocycles. The lowest BCUT2D eigenvalue weighted by Gasteiger charge is -2.40. The molecule has 40 heavy (non-hydrogen) atoms. The van der Waals surface area contributed by atoms with Crippen LogP contribution in [0.15, 0.2) is 47.5 Å². The molecule has 2 saturated heterocycles. The van der Waals surface area contributed by atoms with Crippen LogP contribution in [0.25, 0.3) is 0 Å². The lowest BCUT2D eigenvalue weighted by atomic mass is 9.87. The topological polar surface area (TPSA) is 68.2 Å². The Balaban J connectivity index is 0.936. The van der Waals surface area contributed by atoms with Crippen molar-refractivity contribution in [3.05, 3.63) is 59.2 Å². The molecular formula is C33H43N5O2. The molecule has 212 valence electrons. The van der Waals surface area contributed by atoms with E-state index in [1.807, 2.05) is 24.4 Å². The smallest absolute Gasteiger partial charge is 0.251 e. The number of nitrogens with one attached hydrogen (secondary N) is 1. The molecule has 6 rings (SSSR count). The second-order valence-corrected chi connectivity index (χ2v) is 12.4. The number of carbonyl (C=O) groups excluding carboxylic acids is 2. The maximum Gasteiger partial charge on any atom is 0.251 e. The van der Waals surface area contributed by atoms with E-state index in [0.29, 0.717) is 6.04 Å². The average molecular weight is 542 g/mol. The quantitative estimate of drug-likeness (QED) is 0.577. The zero-order valence-electron chi connectivity index (χ0n) is 23.9. The molecule has 0 unspecified atom stereocenters. The minimum Gasteiger partial charge on any atom is -0.372 e. The Kier molecular flexibility index (Phi) is 8.19. The van der Waals surface area contributed by atoms with Gasteiger partial charge in [0.1, 0.15) is 6.54 Å². The first-order valence-corrected chi connectivity index (χ1v) is 15.3. The number of piperidine rings is 1. The van der Waals surface area contributed by atoms with E-state index in [9.17, 15) is 9.59 Å². The highest BCUT2D eigenvalue weighted by Gasteiger charge is 2.25. The van der Waals surface area contributed by atoms with E-state index < -0.39 is 0 Å². The Labute approximate surface area is 238 Å². The maximum absolute atomic E-state index is 12.7. The van der Waals surface area contributed by atoms with Gasteiger partial charge in [-0.3, -0.25) is 19.5 Å². The summed E-state index contributed by atoms with van der Waals surface area (Å²) in [4.78, 5) is 36.5. The number of piperazine rings is 1. The predicted molar refractivity (Wildman–Crippen MR) is 162 cm³/mol. The van der Waals surface area contributed by atoms with Gasteiger partial charge in [-0.1, -0.05) is 6.92 Å². The summed E-state index contributed by atoms with van der Waals surface area (Å²) in [6.45, 7) is 10.1. The molecule has 2 aromatic rings. The van der Waals surface area contributed by atoms with Crippen molar-refractivity contribution in [2.45, 2.75) is 51.5 Å². The molecule has 0 bridgehead atoms. The summed E-state index contributed by atoms with van der Waals surface area (Å²) in [6.07, 6.45) is 8.89. The van der Waals surface area contributed by atoms with E-state index in [0.717, 1.165) is 80.6 Å². The third-order valence-corrected chi connectivity index (χ3v) is 9.51. The number of anilines is 2. The van der Waals surface area contributed by atoms with Gasteiger partial charge in [-0.05, 0) is 92.8 Å². The summed E-state index contributed by atoms with van der Waals surface area (Å²) in [5.74, 6) is 1.71. The number of nitrogens with zero attached hydrogens (tertiary/aromatic N) is 4. The van der Waals surface area contributed by atoms with Crippen molar-refractivity contribution in [3.63, 3.8) is 0 Å². The van der Waals surface area contributed by atoms with Gasteiger partial charge in [-0.2, -0.15) is 0 Å². The number of fused-ring (bicyclic) bond motifs is 1. The molecule has 7 nitrogen and oxygen atoms in total. The molecule has 4 aliphatic rings. The first-order chi connectivity index (χ1) is 19.5. The highest BCUT2D eigenvalue weighted by molar-refractivity contribution is 6.08. The van der Waals surface area contributed by atoms with E-state index in [-0.39, 0.29) is 18.2 Å². The normalized spacial score (nSPS) is 24.2. The highest BCUT2D eigenvalue weighted by Crippen LogP contribution is 2.27. The van der Waals surface area contributed by atoms with E-state index in [2.05, 4.69) is 56.2 Å². The summed E-state index contributed by atoms with van der Waals surface area (Å²) >= 11 is 0. The van der Waals surface area contributed by atoms with Gasteiger partial charge < -0.3 is 15.1 Å². The summed E-state index contributed by atoms with van der Waals surface area (Å²) in [7, 11) is 0. The predicted octanol–water partition coefficient (Wildman–Crippen LogP) is 4.65. The Morgan fingerprint density at radius 1 is 0.850 bits per heavy atom. The van der Waals surface area contributed by atoms with Crippen molar-refractivity contribution in [2.75, 3.05) is 62.2 Å². The molecule has 3 fully saturated rings. The second kappa shape index (κ2) is 12.1. The average Bonchev–Trinajstić information content (AvgIpc) is 2.99. The van der Waals surface area contributed by atoms with E-state index in [4.69, 9.17) is 0 Å². The Bertz CT molecular complexity index is 1220. The largest absolute Gasteiger partial charge is 0.372 e. The van der Waals surface area contributed by atoms with Crippen molar-refractivity contribution < 1.29 is 9.59 Å². The number of aliphatic imine (C=N–C) groups is 1. The Morgan fingerprint density at radius 2 is 1.52 bits per heavy atom. The lowest BCUT2D eigenvalue weighted by Crippen LogP contribution is -2.49. The number of hydrogen-bond donors (Lipinski definition) is 1. The second-order valence-electron chi connectivity index (χ2n) is 12.4. The number of ketones is 1. The third-order valence-electron chi connectivity index (χ3n) is 9.51. The van der Waals surface area contributed by atoms with E-state index in [1.54, 1.807) is 0 Å². The number of carbonyl (C=O) groups is 2. The molecule has 7 heteroatoms. The van der Waals surface area contributed by atoms with Crippen LogP contribution in [0.4, 0.5) is 11.4 Å². The number of benzene rings is 2. The van der Waals surface area contributed by atoms with E-state index in [1.165, 1.54) is 43.6 Å². The van der Waals surface area contributed by atoms with Gasteiger partial charge >= 0.3 is 0 Å². The fourth-order valence-corrected chi connectivity index (χ4v) is 6.84. The summed E-state index contributed by atoms with van der Waals surface area (Å²) < 4.78 is 0. The monoisotopic (exact) mass is 541 g/mol. The molecule has 1 N–H and O–H groups in total. The van der Waals surface area contributed by atoms with Crippen LogP contribution in [0.2, 0.25) is 0 Å². The molecular weight excluding hydrogens is 498 g/mol. The molecule has 1 aliphatic carbocycles. The number of amides is 1. The van der Waals surface area contributed by atoms with Crippen LogP contribution in [0, 0.1) is 11.8 Å². The molecule has 1 amide bonds. The lowest BCUT2D eigenvalue weighted by molar-refractivity contribution is 0.0922. The fraction of sp³-hybridized carbons (Fsp3) is 0.545. The Morgan fingerprint density at radius 3 is 2.25 bits per heavy atom. The standard InChI is InChI=1S/C33H43N5O2/c1-24-2-6-28(7-3-24)35-33(40)26-4-8-29(9-5-26)37-14-12-25(13-15-37)23-36-16-18-38(19-17-36)30-10-11-31-27(20-30)21-34-22-32(31)39/h4-5,8-11,20-21,24-25,28H,2-3,6-7,12-19,22-23H2,1H3,(H,35,40). The molecule has 0 radical (unpaired) electrons. The maximum atomic E-state index is 12.7. The van der Waals surface area contributed by atoms with Crippen molar-refractivity contribution >= 4 is 29.3 Å². The zero-order valence-corrected chi connectivity index (χ0v) is 23.9. The summed E-state index contributed by atoms with van der Waals surface area (Å²) in [5.41, 5.74) is 4.95. The highest BCUT2D eigenvalue weighted by atomic mass is 16.1. The minimum atomic E-state index is 0.0699. The van der Waals surface area contributed by atoms with Crippen LogP contribution in [-0.4, -0.2) is 81.2 Å². The third kappa shape index (κ3) is 6.25. The van der Waals surface area contributed by atoms with Crippen molar-refractivity contribution in [1.82, 2.24) is 10.2 Å². The van der Waals surface area contributed by atoms with Crippen molar-refractivity contribution in [3.8, 4) is 0 Å². The SMILES string of the molecule is CC1CCC(NC(=O)c2ccc(N3CCC(CN4CCN(c5ccc6c(c5)C=NCC6=O)CC4)CC3)cc2)CC1. The van der Waals surface area contributed by atoms with Crippen LogP contribution in [0.3, 0.4) is 0 Å². The van der Waals surface area contributed by atoms with Gasteiger partial charge in [-0.15, -0.1) is 0 Å². The molecule has 0 aromatic heterocycles. The van der Waals surface area contributed by atoms with Gasteiger partial charge in [-0.25, -0.2) is 0 Å². The molecule has 2 aromatic carbocycles. The molecule has 0 spiro atoms. The summed E-state index contributed by atoms with van der Waals surface area (Å²) in [6, 6.07) is 14.8. The number of hydrogen-bond acceptors (Lipinski definition) is 6. The van der Waals surface area contributed by atoms with E-state index >= 15 is 0 Å². The van der Waals surface area contributed by atoms with Gasteiger partial charge in [0.25, 0.3) is 5.91 Å². The fourth-order valence-electron chi connectivity index (χ4n) is 6.84. The minimum absolute atomic E-state index is 0.0699.